The maximum atomic E-state index is 7.42. The molecular formula is C16H18N2OS. The van der Waals surface area contributed by atoms with Gasteiger partial charge in [0.15, 0.2) is 0 Å². The van der Waals surface area contributed by atoms with Crippen molar-refractivity contribution >= 4 is 17.6 Å². The first-order chi connectivity index (χ1) is 9.60. The maximum absolute atomic E-state index is 7.42. The third-order valence-electron chi connectivity index (χ3n) is 3.11. The summed E-state index contributed by atoms with van der Waals surface area (Å²) in [5.41, 5.74) is 8.40. The molecule has 0 aromatic heterocycles. The van der Waals surface area contributed by atoms with Crippen LogP contribution in [0.3, 0.4) is 0 Å². The fourth-order valence-corrected chi connectivity index (χ4v) is 2.27. The summed E-state index contributed by atoms with van der Waals surface area (Å²) in [6.07, 6.45) is 2.05. The van der Waals surface area contributed by atoms with Crippen molar-refractivity contribution in [3.63, 3.8) is 0 Å². The molecule has 0 fully saturated rings. The van der Waals surface area contributed by atoms with E-state index in [0.29, 0.717) is 6.61 Å². The minimum Gasteiger partial charge on any atom is -0.489 e. The van der Waals surface area contributed by atoms with E-state index in [4.69, 9.17) is 15.9 Å². The van der Waals surface area contributed by atoms with E-state index in [1.165, 1.54) is 4.90 Å². The third-order valence-corrected chi connectivity index (χ3v) is 3.85. The van der Waals surface area contributed by atoms with Gasteiger partial charge in [0.1, 0.15) is 18.2 Å². The van der Waals surface area contributed by atoms with Crippen molar-refractivity contribution in [2.75, 3.05) is 6.26 Å². The van der Waals surface area contributed by atoms with Gasteiger partial charge in [-0.1, -0.05) is 12.1 Å². The number of hydrogen-bond acceptors (Lipinski definition) is 3. The van der Waals surface area contributed by atoms with Crippen LogP contribution in [0.5, 0.6) is 5.75 Å². The molecular weight excluding hydrogens is 268 g/mol. The fraction of sp³-hybridized carbons (Fsp3) is 0.188. The van der Waals surface area contributed by atoms with Gasteiger partial charge >= 0.3 is 0 Å². The maximum Gasteiger partial charge on any atom is 0.122 e. The van der Waals surface area contributed by atoms with Gasteiger partial charge in [0.2, 0.25) is 0 Å². The highest BCUT2D eigenvalue weighted by atomic mass is 32.2. The number of amidine groups is 1. The molecule has 0 saturated heterocycles. The van der Waals surface area contributed by atoms with Crippen LogP contribution < -0.4 is 10.5 Å². The number of nitrogens with two attached hydrogens (primary N) is 1. The van der Waals surface area contributed by atoms with Crippen molar-refractivity contribution in [2.24, 2.45) is 5.73 Å². The normalized spacial score (nSPS) is 10.3. The van der Waals surface area contributed by atoms with Crippen LogP contribution in [0.1, 0.15) is 16.7 Å². The van der Waals surface area contributed by atoms with E-state index in [1.54, 1.807) is 11.8 Å². The van der Waals surface area contributed by atoms with E-state index >= 15 is 0 Å². The molecule has 0 bridgehead atoms. The molecule has 104 valence electrons. The van der Waals surface area contributed by atoms with Crippen LogP contribution in [0.4, 0.5) is 0 Å². The highest BCUT2D eigenvalue weighted by Crippen LogP contribution is 2.20. The van der Waals surface area contributed by atoms with Gasteiger partial charge < -0.3 is 10.5 Å². The summed E-state index contributed by atoms with van der Waals surface area (Å²) >= 11 is 1.71. The zero-order valence-corrected chi connectivity index (χ0v) is 12.5. The lowest BCUT2D eigenvalue weighted by molar-refractivity contribution is 0.305. The molecule has 0 unspecified atom stereocenters. The first-order valence-corrected chi connectivity index (χ1v) is 7.53. The summed E-state index contributed by atoms with van der Waals surface area (Å²) in [5.74, 6) is 0.950. The molecule has 0 aliphatic heterocycles. The van der Waals surface area contributed by atoms with Crippen molar-refractivity contribution in [2.45, 2.75) is 18.4 Å². The summed E-state index contributed by atoms with van der Waals surface area (Å²) < 4.78 is 5.78. The van der Waals surface area contributed by atoms with Gasteiger partial charge in [0, 0.05) is 10.5 Å². The molecule has 20 heavy (non-hydrogen) atoms. The standard InChI is InChI=1S/C16H18N2OS/c1-11-9-12(16(17)18)3-4-13(11)10-19-14-5-7-15(20-2)8-6-14/h3-9H,10H2,1-2H3,(H3,17,18). The largest absolute Gasteiger partial charge is 0.489 e. The minimum absolute atomic E-state index is 0.0909. The zero-order valence-electron chi connectivity index (χ0n) is 11.6. The van der Waals surface area contributed by atoms with Gasteiger partial charge in [-0.15, -0.1) is 11.8 Å². The van der Waals surface area contributed by atoms with Crippen LogP contribution >= 0.6 is 11.8 Å². The number of aryl methyl sites for hydroxylation is 1. The summed E-state index contributed by atoms with van der Waals surface area (Å²) in [7, 11) is 0. The fourth-order valence-electron chi connectivity index (χ4n) is 1.86. The van der Waals surface area contributed by atoms with Crippen LogP contribution in [0.2, 0.25) is 0 Å². The second-order valence-corrected chi connectivity index (χ2v) is 5.40. The molecule has 0 spiro atoms. The molecule has 0 atom stereocenters. The molecule has 0 radical (unpaired) electrons. The van der Waals surface area contributed by atoms with Crippen LogP contribution in [0.15, 0.2) is 47.4 Å². The van der Waals surface area contributed by atoms with Crippen LogP contribution in [0.25, 0.3) is 0 Å². The van der Waals surface area contributed by atoms with Gasteiger partial charge in [-0.2, -0.15) is 0 Å². The molecule has 3 nitrogen and oxygen atoms in total. The molecule has 0 aliphatic rings. The average Bonchev–Trinajstić information content (AvgIpc) is 2.46. The summed E-state index contributed by atoms with van der Waals surface area (Å²) in [4.78, 5) is 1.22. The topological polar surface area (TPSA) is 59.1 Å². The molecule has 2 rings (SSSR count). The number of thioether (sulfide) groups is 1. The van der Waals surface area contributed by atoms with E-state index < -0.39 is 0 Å². The van der Waals surface area contributed by atoms with Gasteiger partial charge in [-0.3, -0.25) is 5.41 Å². The van der Waals surface area contributed by atoms with E-state index in [1.807, 2.05) is 49.4 Å². The Balaban J connectivity index is 2.04. The Morgan fingerprint density at radius 1 is 1.20 bits per heavy atom. The lowest BCUT2D eigenvalue weighted by atomic mass is 10.1. The van der Waals surface area contributed by atoms with Gasteiger partial charge in [0.05, 0.1) is 0 Å². The second-order valence-electron chi connectivity index (χ2n) is 4.52. The SMILES string of the molecule is CSc1ccc(OCc2ccc(C(=N)N)cc2C)cc1. The van der Waals surface area contributed by atoms with Gasteiger partial charge in [-0.05, 0) is 54.6 Å². The molecule has 0 saturated carbocycles. The highest BCUT2D eigenvalue weighted by molar-refractivity contribution is 7.98. The number of ether oxygens (including phenoxy) is 1. The summed E-state index contributed by atoms with van der Waals surface area (Å²) in [6, 6.07) is 13.8. The predicted octanol–water partition coefficient (Wildman–Crippen LogP) is 3.58. The molecule has 0 amide bonds. The molecule has 0 heterocycles. The van der Waals surface area contributed by atoms with Crippen LogP contribution in [-0.2, 0) is 6.61 Å². The smallest absolute Gasteiger partial charge is 0.122 e. The molecule has 3 N–H and O–H groups in total. The van der Waals surface area contributed by atoms with E-state index in [2.05, 4.69) is 6.26 Å². The Morgan fingerprint density at radius 2 is 1.90 bits per heavy atom. The summed E-state index contributed by atoms with van der Waals surface area (Å²) in [5, 5.41) is 7.42. The quantitative estimate of drug-likeness (QED) is 0.502. The van der Waals surface area contributed by atoms with Crippen molar-refractivity contribution in [1.29, 1.82) is 5.41 Å². The number of rotatable bonds is 5. The molecule has 4 heteroatoms. The monoisotopic (exact) mass is 286 g/mol. The Kier molecular flexibility index (Phi) is 4.69. The molecule has 2 aromatic carbocycles. The second kappa shape index (κ2) is 6.48. The van der Waals surface area contributed by atoms with Gasteiger partial charge in [-0.25, -0.2) is 0 Å². The number of benzene rings is 2. The van der Waals surface area contributed by atoms with E-state index in [-0.39, 0.29) is 5.84 Å². The van der Waals surface area contributed by atoms with Gasteiger partial charge in [0.25, 0.3) is 0 Å². The first-order valence-electron chi connectivity index (χ1n) is 6.31. The zero-order chi connectivity index (χ0) is 14.5. The predicted molar refractivity (Wildman–Crippen MR) is 84.8 cm³/mol. The highest BCUT2D eigenvalue weighted by Gasteiger charge is 2.03. The van der Waals surface area contributed by atoms with Crippen molar-refractivity contribution in [1.82, 2.24) is 0 Å². The molecule has 0 aliphatic carbocycles. The lowest BCUT2D eigenvalue weighted by Gasteiger charge is -2.10. The van der Waals surface area contributed by atoms with Crippen LogP contribution in [-0.4, -0.2) is 12.1 Å². The number of nitrogen functional groups attached to an aromatic ring is 1. The third kappa shape index (κ3) is 3.54. The van der Waals surface area contributed by atoms with E-state index in [9.17, 15) is 0 Å². The Hall–Kier alpha value is -1.94. The van der Waals surface area contributed by atoms with Crippen molar-refractivity contribution in [3.8, 4) is 5.75 Å². The Morgan fingerprint density at radius 3 is 2.45 bits per heavy atom. The summed E-state index contributed by atoms with van der Waals surface area (Å²) in [6.45, 7) is 2.52. The number of nitrogens with one attached hydrogen (secondary N) is 1. The lowest BCUT2D eigenvalue weighted by Crippen LogP contribution is -2.11. The Labute approximate surface area is 123 Å². The Bertz CT molecular complexity index is 608. The van der Waals surface area contributed by atoms with Crippen LogP contribution in [0, 0.1) is 12.3 Å². The molecule has 2 aromatic rings. The first kappa shape index (κ1) is 14.5. The van der Waals surface area contributed by atoms with E-state index in [0.717, 1.165) is 22.4 Å². The van der Waals surface area contributed by atoms with Crippen molar-refractivity contribution < 1.29 is 4.74 Å². The average molecular weight is 286 g/mol. The minimum atomic E-state index is 0.0909. The number of hydrogen-bond donors (Lipinski definition) is 2. The van der Waals surface area contributed by atoms with Crippen molar-refractivity contribution in [3.05, 3.63) is 59.2 Å².